The average Bonchev–Trinajstić information content (AvgIpc) is 2.86. The lowest BCUT2D eigenvalue weighted by molar-refractivity contribution is -0.125. The molecule has 1 saturated carbocycles. The van der Waals surface area contributed by atoms with E-state index in [1.54, 1.807) is 0 Å². The minimum Gasteiger partial charge on any atom is -0.372 e. The predicted molar refractivity (Wildman–Crippen MR) is 144 cm³/mol. The Morgan fingerprint density at radius 3 is 1.36 bits per heavy atom. The van der Waals surface area contributed by atoms with E-state index in [9.17, 15) is 4.79 Å². The van der Waals surface area contributed by atoms with Crippen molar-refractivity contribution >= 4 is 29.3 Å². The second-order valence-electron chi connectivity index (χ2n) is 8.79. The molecule has 0 aliphatic heterocycles. The van der Waals surface area contributed by atoms with E-state index < -0.39 is 0 Å². The highest BCUT2D eigenvalue weighted by Crippen LogP contribution is 2.29. The van der Waals surface area contributed by atoms with Crippen LogP contribution < -0.4 is 9.80 Å². The van der Waals surface area contributed by atoms with Crippen LogP contribution in [-0.2, 0) is 4.79 Å². The van der Waals surface area contributed by atoms with Crippen LogP contribution in [0.4, 0.5) is 11.4 Å². The molecule has 1 aliphatic rings. The van der Waals surface area contributed by atoms with Crippen LogP contribution in [0.1, 0.15) is 58.1 Å². The van der Waals surface area contributed by atoms with Gasteiger partial charge < -0.3 is 9.80 Å². The number of nitrogens with zero attached hydrogens (tertiary/aromatic N) is 2. The fraction of sp³-hybridized carbons (Fsp3) is 0.433. The molecule has 0 bridgehead atoms. The van der Waals surface area contributed by atoms with Gasteiger partial charge in [-0.25, -0.2) is 0 Å². The maximum Gasteiger partial charge on any atom is 0.146 e. The zero-order chi connectivity index (χ0) is 23.6. The van der Waals surface area contributed by atoms with Gasteiger partial charge in [0.05, 0.1) is 0 Å². The molecule has 2 aromatic carbocycles. The Balaban J connectivity index is 1.61. The van der Waals surface area contributed by atoms with Crippen molar-refractivity contribution in [3.05, 3.63) is 71.8 Å². The molecule has 0 heterocycles. The van der Waals surface area contributed by atoms with E-state index in [1.165, 1.54) is 11.4 Å². The van der Waals surface area contributed by atoms with Gasteiger partial charge in [-0.3, -0.25) is 4.79 Å². The standard InChI is InChI=1S/C30H40N2O/c1-5-31(6-2)28-20-14-24(15-21-28)12-18-26-10-9-11-27(30(26)33)19-13-25-16-22-29(23-17-25)32(7-3)8-4/h12-23,26-27H,5-11H2,1-4H3. The van der Waals surface area contributed by atoms with E-state index in [0.29, 0.717) is 5.78 Å². The summed E-state index contributed by atoms with van der Waals surface area (Å²) < 4.78 is 0. The molecule has 0 saturated heterocycles. The zero-order valence-electron chi connectivity index (χ0n) is 20.8. The first-order chi connectivity index (χ1) is 16.1. The maximum absolute atomic E-state index is 13.1. The molecular weight excluding hydrogens is 404 g/mol. The molecule has 1 fully saturated rings. The zero-order valence-corrected chi connectivity index (χ0v) is 20.8. The third-order valence-corrected chi connectivity index (χ3v) is 6.85. The second kappa shape index (κ2) is 12.4. The van der Waals surface area contributed by atoms with E-state index in [1.807, 2.05) is 0 Å². The van der Waals surface area contributed by atoms with Crippen molar-refractivity contribution in [1.29, 1.82) is 0 Å². The average molecular weight is 445 g/mol. The number of Topliss-reactive ketones (excluding diaryl/α,β-unsaturated/α-hetero) is 1. The molecule has 0 aromatic heterocycles. The highest BCUT2D eigenvalue weighted by atomic mass is 16.1. The molecule has 2 unspecified atom stereocenters. The van der Waals surface area contributed by atoms with Gasteiger partial charge in [-0.2, -0.15) is 0 Å². The highest BCUT2D eigenvalue weighted by molar-refractivity contribution is 5.88. The molecule has 2 atom stereocenters. The number of carbonyl (C=O) groups excluding carboxylic acids is 1. The van der Waals surface area contributed by atoms with Gasteiger partial charge >= 0.3 is 0 Å². The fourth-order valence-electron chi connectivity index (χ4n) is 4.72. The Morgan fingerprint density at radius 1 is 0.667 bits per heavy atom. The van der Waals surface area contributed by atoms with Crippen LogP contribution in [0, 0.1) is 11.8 Å². The fourth-order valence-corrected chi connectivity index (χ4v) is 4.72. The van der Waals surface area contributed by atoms with E-state index in [2.05, 4.69) is 110 Å². The molecule has 0 radical (unpaired) electrons. The molecule has 2 aromatic rings. The molecule has 0 amide bonds. The van der Waals surface area contributed by atoms with Crippen molar-refractivity contribution in [3.63, 3.8) is 0 Å². The van der Waals surface area contributed by atoms with Crippen molar-refractivity contribution in [2.75, 3.05) is 36.0 Å². The largest absolute Gasteiger partial charge is 0.372 e. The smallest absolute Gasteiger partial charge is 0.146 e. The molecular formula is C30H40N2O. The van der Waals surface area contributed by atoms with Crippen molar-refractivity contribution in [2.24, 2.45) is 11.8 Å². The lowest BCUT2D eigenvalue weighted by Gasteiger charge is -2.24. The summed E-state index contributed by atoms with van der Waals surface area (Å²) in [6, 6.07) is 17.3. The van der Waals surface area contributed by atoms with Gasteiger partial charge in [-0.05, 0) is 75.9 Å². The molecule has 3 nitrogen and oxygen atoms in total. The Labute approximate surface area is 200 Å². The number of ketones is 1. The molecule has 3 rings (SSSR count). The molecule has 0 spiro atoms. The Kier molecular flexibility index (Phi) is 9.35. The van der Waals surface area contributed by atoms with Crippen molar-refractivity contribution in [2.45, 2.75) is 47.0 Å². The van der Waals surface area contributed by atoms with E-state index in [0.717, 1.165) is 56.6 Å². The molecule has 1 aliphatic carbocycles. The third kappa shape index (κ3) is 6.60. The summed E-state index contributed by atoms with van der Waals surface area (Å²) in [6.07, 6.45) is 11.5. The van der Waals surface area contributed by atoms with Crippen LogP contribution in [-0.4, -0.2) is 32.0 Å². The topological polar surface area (TPSA) is 23.6 Å². The summed E-state index contributed by atoms with van der Waals surface area (Å²) in [5.74, 6) is 0.384. The number of benzene rings is 2. The van der Waals surface area contributed by atoms with E-state index in [-0.39, 0.29) is 11.8 Å². The lowest BCUT2D eigenvalue weighted by Crippen LogP contribution is -2.25. The van der Waals surface area contributed by atoms with Crippen LogP contribution in [0.2, 0.25) is 0 Å². The number of allylic oxidation sites excluding steroid dienone is 2. The number of hydrogen-bond acceptors (Lipinski definition) is 3. The van der Waals surface area contributed by atoms with Gasteiger partial charge in [0.1, 0.15) is 5.78 Å². The first-order valence-electron chi connectivity index (χ1n) is 12.7. The van der Waals surface area contributed by atoms with Gasteiger partial charge in [0.25, 0.3) is 0 Å². The number of anilines is 2. The molecule has 3 heteroatoms. The number of carbonyl (C=O) groups is 1. The monoisotopic (exact) mass is 444 g/mol. The van der Waals surface area contributed by atoms with Crippen LogP contribution in [0.3, 0.4) is 0 Å². The summed E-state index contributed by atoms with van der Waals surface area (Å²) in [7, 11) is 0. The Bertz CT molecular complexity index is 843. The summed E-state index contributed by atoms with van der Waals surface area (Å²) in [5, 5.41) is 0. The maximum atomic E-state index is 13.1. The minimum absolute atomic E-state index is 0.0147. The van der Waals surface area contributed by atoms with E-state index in [4.69, 9.17) is 0 Å². The number of hydrogen-bond donors (Lipinski definition) is 0. The van der Waals surface area contributed by atoms with Gasteiger partial charge in [0, 0.05) is 49.4 Å². The first-order valence-corrected chi connectivity index (χ1v) is 12.7. The summed E-state index contributed by atoms with van der Waals surface area (Å²) >= 11 is 0. The lowest BCUT2D eigenvalue weighted by atomic mass is 9.79. The SMILES string of the molecule is CCN(CC)c1ccc(C=CC2CCCC(C=Cc3ccc(N(CC)CC)cc3)C2=O)cc1. The van der Waals surface area contributed by atoms with Gasteiger partial charge in [-0.1, -0.05) is 55.0 Å². The summed E-state index contributed by atoms with van der Waals surface area (Å²) in [5.41, 5.74) is 4.82. The molecule has 0 N–H and O–H groups in total. The van der Waals surface area contributed by atoms with Crippen molar-refractivity contribution in [1.82, 2.24) is 0 Å². The predicted octanol–water partition coefficient (Wildman–Crippen LogP) is 7.09. The highest BCUT2D eigenvalue weighted by Gasteiger charge is 2.27. The normalized spacial score (nSPS) is 18.8. The Morgan fingerprint density at radius 2 is 1.03 bits per heavy atom. The molecule has 176 valence electrons. The van der Waals surface area contributed by atoms with Gasteiger partial charge in [0.15, 0.2) is 0 Å². The Hall–Kier alpha value is -2.81. The first kappa shape index (κ1) is 24.8. The van der Waals surface area contributed by atoms with Crippen LogP contribution >= 0.6 is 0 Å². The summed E-state index contributed by atoms with van der Waals surface area (Å²) in [6.45, 7) is 12.8. The quantitative estimate of drug-likeness (QED) is 0.391. The minimum atomic E-state index is 0.0147. The van der Waals surface area contributed by atoms with Crippen molar-refractivity contribution in [3.8, 4) is 0 Å². The van der Waals surface area contributed by atoms with Crippen LogP contribution in [0.15, 0.2) is 60.7 Å². The van der Waals surface area contributed by atoms with Crippen molar-refractivity contribution < 1.29 is 4.79 Å². The van der Waals surface area contributed by atoms with Gasteiger partial charge in [-0.15, -0.1) is 0 Å². The van der Waals surface area contributed by atoms with Crippen LogP contribution in [0.5, 0.6) is 0 Å². The summed E-state index contributed by atoms with van der Waals surface area (Å²) in [4.78, 5) is 17.8. The third-order valence-electron chi connectivity index (χ3n) is 6.85. The second-order valence-corrected chi connectivity index (χ2v) is 8.79. The van der Waals surface area contributed by atoms with Crippen LogP contribution in [0.25, 0.3) is 12.2 Å². The number of rotatable bonds is 10. The molecule has 33 heavy (non-hydrogen) atoms. The van der Waals surface area contributed by atoms with E-state index >= 15 is 0 Å². The van der Waals surface area contributed by atoms with Gasteiger partial charge in [0.2, 0.25) is 0 Å².